The van der Waals surface area contributed by atoms with E-state index in [9.17, 15) is 13.8 Å². The monoisotopic (exact) mass is 369 g/mol. The second-order valence-electron chi connectivity index (χ2n) is 6.06. The largest absolute Gasteiger partial charge is 0.451 e. The Hall–Kier alpha value is -2.73. The number of ether oxygens (including phenoxy) is 1. The van der Waals surface area contributed by atoms with Gasteiger partial charge in [-0.1, -0.05) is 18.2 Å². The number of fused-ring (bicyclic) bond motifs is 1. The summed E-state index contributed by atoms with van der Waals surface area (Å²) in [6.45, 7) is 3.39. The molecule has 6 heteroatoms. The van der Waals surface area contributed by atoms with Crippen molar-refractivity contribution in [2.45, 2.75) is 24.8 Å². The number of aryl methyl sites for hydroxylation is 1. The molecule has 5 nitrogen and oxygen atoms in total. The van der Waals surface area contributed by atoms with Gasteiger partial charge >= 0.3 is 5.97 Å². The predicted molar refractivity (Wildman–Crippen MR) is 101 cm³/mol. The van der Waals surface area contributed by atoms with E-state index in [0.717, 1.165) is 16.6 Å². The molecule has 0 spiro atoms. The number of carbonyl (C=O) groups is 2. The lowest BCUT2D eigenvalue weighted by Gasteiger charge is -2.13. The first kappa shape index (κ1) is 18.1. The Labute approximate surface area is 153 Å². The number of benzene rings is 2. The van der Waals surface area contributed by atoms with E-state index in [-0.39, 0.29) is 5.78 Å². The maximum absolute atomic E-state index is 12.8. The van der Waals surface area contributed by atoms with Crippen molar-refractivity contribution in [3.05, 3.63) is 65.4 Å². The van der Waals surface area contributed by atoms with Crippen LogP contribution < -0.4 is 0 Å². The van der Waals surface area contributed by atoms with Crippen molar-refractivity contribution < 1.29 is 18.5 Å². The molecule has 134 valence electrons. The van der Waals surface area contributed by atoms with Crippen molar-refractivity contribution in [3.63, 3.8) is 0 Å². The second-order valence-corrected chi connectivity index (χ2v) is 7.44. The number of H-pyrrole nitrogens is 1. The Balaban J connectivity index is 1.79. The van der Waals surface area contributed by atoms with E-state index >= 15 is 0 Å². The van der Waals surface area contributed by atoms with Crippen molar-refractivity contribution in [2.24, 2.45) is 0 Å². The third kappa shape index (κ3) is 3.46. The normalized spacial score (nSPS) is 13.3. The number of aromatic amines is 1. The number of para-hydroxylation sites is 1. The molecule has 1 N–H and O–H groups in total. The van der Waals surface area contributed by atoms with Crippen molar-refractivity contribution in [1.82, 2.24) is 4.98 Å². The van der Waals surface area contributed by atoms with Crippen LogP contribution in [0.2, 0.25) is 0 Å². The first-order valence-corrected chi connectivity index (χ1v) is 9.70. The quantitative estimate of drug-likeness (QED) is 0.550. The summed E-state index contributed by atoms with van der Waals surface area (Å²) in [5, 5.41) is 0.813. The molecular weight excluding hydrogens is 350 g/mol. The molecule has 0 fully saturated rings. The highest BCUT2D eigenvalue weighted by Crippen LogP contribution is 2.24. The number of aromatic nitrogens is 1. The Kier molecular flexibility index (Phi) is 5.04. The Morgan fingerprint density at radius 2 is 1.73 bits per heavy atom. The van der Waals surface area contributed by atoms with Crippen molar-refractivity contribution in [1.29, 1.82) is 0 Å². The number of esters is 1. The average molecular weight is 369 g/mol. The molecule has 0 saturated heterocycles. The molecule has 0 amide bonds. The average Bonchev–Trinajstić information content (AvgIpc) is 2.96. The molecule has 2 atom stereocenters. The lowest BCUT2D eigenvalue weighted by molar-refractivity contribution is 0.0319. The van der Waals surface area contributed by atoms with Crippen LogP contribution in [0.4, 0.5) is 0 Å². The van der Waals surface area contributed by atoms with Gasteiger partial charge in [-0.2, -0.15) is 0 Å². The molecule has 0 aliphatic rings. The van der Waals surface area contributed by atoms with E-state index in [1.165, 1.54) is 0 Å². The minimum atomic E-state index is -1.11. The molecule has 1 aromatic heterocycles. The Bertz CT molecular complexity index is 1000. The van der Waals surface area contributed by atoms with Gasteiger partial charge in [0.25, 0.3) is 0 Å². The summed E-state index contributed by atoms with van der Waals surface area (Å²) >= 11 is 0. The van der Waals surface area contributed by atoms with Crippen LogP contribution in [-0.4, -0.2) is 33.3 Å². The first-order valence-electron chi connectivity index (χ1n) is 8.14. The molecule has 0 radical (unpaired) electrons. The summed E-state index contributed by atoms with van der Waals surface area (Å²) < 4.78 is 16.8. The lowest BCUT2D eigenvalue weighted by Crippen LogP contribution is -2.24. The highest BCUT2D eigenvalue weighted by atomic mass is 32.2. The summed E-state index contributed by atoms with van der Waals surface area (Å²) in [4.78, 5) is 28.9. The molecule has 3 aromatic rings. The highest BCUT2D eigenvalue weighted by molar-refractivity contribution is 7.84. The standard InChI is InChI=1S/C20H19NO4S/c1-12-18(16-6-4-5-7-17(16)21-12)19(22)13(2)25-20(23)14-8-10-15(11-9-14)26(3)24/h4-11,13,21H,1-3H3/t13-,26-/m1/s1. The van der Waals surface area contributed by atoms with E-state index in [0.29, 0.717) is 16.0 Å². The molecule has 0 unspecified atom stereocenters. The van der Waals surface area contributed by atoms with Crippen LogP contribution >= 0.6 is 0 Å². The van der Waals surface area contributed by atoms with Crippen molar-refractivity contribution in [3.8, 4) is 0 Å². The zero-order chi connectivity index (χ0) is 18.8. The van der Waals surface area contributed by atoms with Crippen LogP contribution in [0.1, 0.15) is 33.3 Å². The second kappa shape index (κ2) is 7.25. The van der Waals surface area contributed by atoms with Gasteiger partial charge in [0.1, 0.15) is 0 Å². The number of rotatable bonds is 5. The Morgan fingerprint density at radius 3 is 2.38 bits per heavy atom. The lowest BCUT2D eigenvalue weighted by atomic mass is 10.0. The molecule has 0 bridgehead atoms. The maximum atomic E-state index is 12.8. The summed E-state index contributed by atoms with van der Waals surface area (Å²) in [6, 6.07) is 13.8. The predicted octanol–water partition coefficient (Wildman–Crippen LogP) is 3.64. The molecule has 0 saturated carbocycles. The molecule has 0 aliphatic carbocycles. The highest BCUT2D eigenvalue weighted by Gasteiger charge is 2.24. The number of hydrogen-bond donors (Lipinski definition) is 1. The molecule has 3 rings (SSSR count). The summed E-state index contributed by atoms with van der Waals surface area (Å²) in [5.74, 6) is -0.837. The van der Waals surface area contributed by atoms with E-state index in [2.05, 4.69) is 4.98 Å². The first-order chi connectivity index (χ1) is 12.4. The van der Waals surface area contributed by atoms with E-state index in [4.69, 9.17) is 4.74 Å². The van der Waals surface area contributed by atoms with Gasteiger partial charge < -0.3 is 9.72 Å². The van der Waals surface area contributed by atoms with Crippen LogP contribution in [0.15, 0.2) is 53.4 Å². The smallest absolute Gasteiger partial charge is 0.338 e. The topological polar surface area (TPSA) is 76.2 Å². The van der Waals surface area contributed by atoms with Gasteiger partial charge in [0, 0.05) is 44.1 Å². The van der Waals surface area contributed by atoms with Gasteiger partial charge in [-0.3, -0.25) is 9.00 Å². The fourth-order valence-corrected chi connectivity index (χ4v) is 3.38. The maximum Gasteiger partial charge on any atom is 0.338 e. The minimum Gasteiger partial charge on any atom is -0.451 e. The third-order valence-corrected chi connectivity index (χ3v) is 5.15. The van der Waals surface area contributed by atoms with Crippen LogP contribution in [0.3, 0.4) is 0 Å². The van der Waals surface area contributed by atoms with Gasteiger partial charge in [0.05, 0.1) is 5.56 Å². The van der Waals surface area contributed by atoms with E-state index in [1.54, 1.807) is 37.4 Å². The van der Waals surface area contributed by atoms with Gasteiger partial charge in [-0.15, -0.1) is 0 Å². The van der Waals surface area contributed by atoms with E-state index in [1.807, 2.05) is 31.2 Å². The number of Topliss-reactive ketones (excluding diaryl/α,β-unsaturated/α-hetero) is 1. The number of ketones is 1. The zero-order valence-electron chi connectivity index (χ0n) is 14.7. The Morgan fingerprint density at radius 1 is 1.08 bits per heavy atom. The molecule has 26 heavy (non-hydrogen) atoms. The third-order valence-electron chi connectivity index (χ3n) is 4.21. The summed E-state index contributed by atoms with van der Waals surface area (Å²) in [5.41, 5.74) is 2.47. The number of hydrogen-bond acceptors (Lipinski definition) is 4. The molecule has 2 aromatic carbocycles. The van der Waals surface area contributed by atoms with Crippen molar-refractivity contribution in [2.75, 3.05) is 6.26 Å². The molecular formula is C20H19NO4S. The van der Waals surface area contributed by atoms with Crippen molar-refractivity contribution >= 4 is 33.5 Å². The number of nitrogens with one attached hydrogen (secondary N) is 1. The molecule has 0 aliphatic heterocycles. The fraction of sp³-hybridized carbons (Fsp3) is 0.200. The van der Waals surface area contributed by atoms with Crippen LogP contribution in [0.25, 0.3) is 10.9 Å². The van der Waals surface area contributed by atoms with Gasteiger partial charge in [-0.25, -0.2) is 4.79 Å². The number of carbonyl (C=O) groups excluding carboxylic acids is 2. The van der Waals surface area contributed by atoms with E-state index < -0.39 is 22.9 Å². The SMILES string of the molecule is Cc1[nH]c2ccccc2c1C(=O)[C@@H](C)OC(=O)c1ccc([S@@](C)=O)cc1. The van der Waals surface area contributed by atoms with Gasteiger partial charge in [0.15, 0.2) is 6.10 Å². The van der Waals surface area contributed by atoms with Gasteiger partial charge in [-0.05, 0) is 44.2 Å². The summed E-state index contributed by atoms with van der Waals surface area (Å²) in [7, 11) is -1.11. The van der Waals surface area contributed by atoms with Crippen LogP contribution in [0, 0.1) is 6.92 Å². The minimum absolute atomic E-state index is 0.250. The molecule has 1 heterocycles. The fourth-order valence-electron chi connectivity index (χ4n) is 2.86. The van der Waals surface area contributed by atoms with Crippen LogP contribution in [0.5, 0.6) is 0 Å². The van der Waals surface area contributed by atoms with Crippen LogP contribution in [-0.2, 0) is 15.5 Å². The van der Waals surface area contributed by atoms with Gasteiger partial charge in [0.2, 0.25) is 5.78 Å². The summed E-state index contributed by atoms with van der Waals surface area (Å²) in [6.07, 6.45) is 0.651. The zero-order valence-corrected chi connectivity index (χ0v) is 15.6.